The molecule has 29 heavy (non-hydrogen) atoms. The van der Waals surface area contributed by atoms with Crippen molar-refractivity contribution in [2.75, 3.05) is 6.54 Å². The molecular weight excluding hydrogens is 386 g/mol. The number of halogens is 1. The van der Waals surface area contributed by atoms with Gasteiger partial charge in [0.15, 0.2) is 0 Å². The fourth-order valence-corrected chi connectivity index (χ4v) is 3.66. The van der Waals surface area contributed by atoms with E-state index in [1.807, 2.05) is 6.07 Å². The Balaban J connectivity index is 1.32. The van der Waals surface area contributed by atoms with E-state index >= 15 is 0 Å². The maximum Gasteiger partial charge on any atom is 0.254 e. The number of pyridine rings is 2. The molecule has 0 spiro atoms. The molecule has 1 aliphatic heterocycles. The number of hydrogen-bond donors (Lipinski definition) is 1. The van der Waals surface area contributed by atoms with Crippen molar-refractivity contribution in [3.63, 3.8) is 0 Å². The molecule has 150 valence electrons. The molecule has 1 atom stereocenters. The lowest BCUT2D eigenvalue weighted by atomic mass is 10.0. The van der Waals surface area contributed by atoms with E-state index in [9.17, 15) is 4.79 Å². The molecule has 0 amide bonds. The maximum absolute atomic E-state index is 12.4. The Hall–Kier alpha value is -2.63. The standard InChI is InChI=1S/C23H24ClN3O2/c24-19-7-8-20(26-15-19)16-29-21-10-13-27(23(28)14-21)12-9-17-3-5-18(6-4-17)22-2-1-11-25-22/h3-8,10,13-15,22,25H,1-2,9,11-12,16H2. The van der Waals surface area contributed by atoms with Gasteiger partial charge in [-0.25, -0.2) is 0 Å². The molecule has 2 aromatic heterocycles. The van der Waals surface area contributed by atoms with Crippen LogP contribution in [-0.2, 0) is 19.6 Å². The van der Waals surface area contributed by atoms with Gasteiger partial charge in [-0.3, -0.25) is 9.78 Å². The number of hydrogen-bond acceptors (Lipinski definition) is 4. The first-order valence-electron chi connectivity index (χ1n) is 9.93. The van der Waals surface area contributed by atoms with Gasteiger partial charge in [-0.05, 0) is 55.1 Å². The lowest BCUT2D eigenvalue weighted by Gasteiger charge is -2.12. The Bertz CT molecular complexity index is 994. The summed E-state index contributed by atoms with van der Waals surface area (Å²) in [6.45, 7) is 2.03. The van der Waals surface area contributed by atoms with E-state index in [4.69, 9.17) is 16.3 Å². The normalized spacial score (nSPS) is 16.1. The highest BCUT2D eigenvalue weighted by Crippen LogP contribution is 2.23. The van der Waals surface area contributed by atoms with E-state index < -0.39 is 0 Å². The van der Waals surface area contributed by atoms with E-state index in [1.165, 1.54) is 30.0 Å². The first kappa shape index (κ1) is 19.7. The number of rotatable bonds is 7. The van der Waals surface area contributed by atoms with Crippen LogP contribution in [0, 0.1) is 0 Å². The van der Waals surface area contributed by atoms with Gasteiger partial charge in [0, 0.05) is 31.0 Å². The average molecular weight is 410 g/mol. The van der Waals surface area contributed by atoms with E-state index in [1.54, 1.807) is 29.1 Å². The average Bonchev–Trinajstić information content (AvgIpc) is 3.28. The third-order valence-electron chi connectivity index (χ3n) is 5.23. The molecule has 1 unspecified atom stereocenters. The van der Waals surface area contributed by atoms with Crippen LogP contribution in [-0.4, -0.2) is 16.1 Å². The van der Waals surface area contributed by atoms with Crippen molar-refractivity contribution in [3.8, 4) is 5.75 Å². The Morgan fingerprint density at radius 1 is 1.17 bits per heavy atom. The Kier molecular flexibility index (Phi) is 6.27. The highest BCUT2D eigenvalue weighted by Gasteiger charge is 2.15. The molecule has 3 aromatic rings. The predicted octanol–water partition coefficient (Wildman–Crippen LogP) is 4.14. The zero-order valence-electron chi connectivity index (χ0n) is 16.2. The van der Waals surface area contributed by atoms with Crippen molar-refractivity contribution >= 4 is 11.6 Å². The van der Waals surface area contributed by atoms with E-state index in [2.05, 4.69) is 34.6 Å². The van der Waals surface area contributed by atoms with Crippen molar-refractivity contribution in [2.24, 2.45) is 0 Å². The minimum Gasteiger partial charge on any atom is -0.487 e. The number of benzene rings is 1. The van der Waals surface area contributed by atoms with Crippen molar-refractivity contribution < 1.29 is 4.74 Å². The lowest BCUT2D eigenvalue weighted by Crippen LogP contribution is -2.19. The molecule has 1 fully saturated rings. The zero-order valence-corrected chi connectivity index (χ0v) is 16.9. The maximum atomic E-state index is 12.4. The van der Waals surface area contributed by atoms with Crippen molar-refractivity contribution in [3.05, 3.63) is 93.1 Å². The summed E-state index contributed by atoms with van der Waals surface area (Å²) in [7, 11) is 0. The number of aromatic nitrogens is 2. The van der Waals surface area contributed by atoms with Crippen LogP contribution in [0.25, 0.3) is 0 Å². The second kappa shape index (κ2) is 9.25. The third-order valence-corrected chi connectivity index (χ3v) is 5.45. The first-order valence-corrected chi connectivity index (χ1v) is 10.3. The van der Waals surface area contributed by atoms with Gasteiger partial charge in [-0.15, -0.1) is 0 Å². The minimum atomic E-state index is -0.0710. The molecule has 1 aromatic carbocycles. The quantitative estimate of drug-likeness (QED) is 0.637. The van der Waals surface area contributed by atoms with Gasteiger partial charge < -0.3 is 14.6 Å². The predicted molar refractivity (Wildman–Crippen MR) is 114 cm³/mol. The zero-order chi connectivity index (χ0) is 20.1. The molecule has 4 rings (SSSR count). The van der Waals surface area contributed by atoms with Gasteiger partial charge in [0.1, 0.15) is 12.4 Å². The number of ether oxygens (including phenoxy) is 1. The van der Waals surface area contributed by atoms with Gasteiger partial charge >= 0.3 is 0 Å². The largest absolute Gasteiger partial charge is 0.487 e. The van der Waals surface area contributed by atoms with Crippen LogP contribution in [0.1, 0.15) is 35.7 Å². The molecule has 0 bridgehead atoms. The summed E-state index contributed by atoms with van der Waals surface area (Å²) in [5.41, 5.74) is 3.26. The number of nitrogens with one attached hydrogen (secondary N) is 1. The molecule has 0 radical (unpaired) electrons. The fourth-order valence-electron chi connectivity index (χ4n) is 3.55. The van der Waals surface area contributed by atoms with Gasteiger partial charge in [0.25, 0.3) is 5.56 Å². The monoisotopic (exact) mass is 409 g/mol. The molecule has 6 heteroatoms. The van der Waals surface area contributed by atoms with Gasteiger partial charge in [0.2, 0.25) is 0 Å². The molecule has 1 N–H and O–H groups in total. The topological polar surface area (TPSA) is 56.1 Å². The first-order chi connectivity index (χ1) is 14.2. The summed E-state index contributed by atoms with van der Waals surface area (Å²) < 4.78 is 7.38. The van der Waals surface area contributed by atoms with Gasteiger partial charge in [0.05, 0.1) is 10.7 Å². The van der Waals surface area contributed by atoms with Gasteiger partial charge in [-0.2, -0.15) is 0 Å². The second-order valence-electron chi connectivity index (χ2n) is 7.29. The third kappa shape index (κ3) is 5.25. The Morgan fingerprint density at radius 2 is 2.03 bits per heavy atom. The highest BCUT2D eigenvalue weighted by atomic mass is 35.5. The van der Waals surface area contributed by atoms with Gasteiger partial charge in [-0.1, -0.05) is 35.9 Å². The second-order valence-corrected chi connectivity index (χ2v) is 7.73. The smallest absolute Gasteiger partial charge is 0.254 e. The number of nitrogens with zero attached hydrogens (tertiary/aromatic N) is 2. The molecule has 5 nitrogen and oxygen atoms in total. The van der Waals surface area contributed by atoms with Crippen LogP contribution in [0.3, 0.4) is 0 Å². The summed E-state index contributed by atoms with van der Waals surface area (Å²) >= 11 is 5.83. The Morgan fingerprint density at radius 3 is 2.72 bits per heavy atom. The van der Waals surface area contributed by atoms with Crippen LogP contribution in [0.2, 0.25) is 5.02 Å². The molecule has 1 saturated heterocycles. The van der Waals surface area contributed by atoms with Crippen LogP contribution in [0.5, 0.6) is 5.75 Å². The molecule has 1 aliphatic rings. The summed E-state index contributed by atoms with van der Waals surface area (Å²) in [6.07, 6.45) is 6.62. The van der Waals surface area contributed by atoms with Crippen molar-refractivity contribution in [1.29, 1.82) is 0 Å². The van der Waals surface area contributed by atoms with Crippen LogP contribution in [0.4, 0.5) is 0 Å². The summed E-state index contributed by atoms with van der Waals surface area (Å²) in [5.74, 6) is 0.538. The molecule has 0 saturated carbocycles. The summed E-state index contributed by atoms with van der Waals surface area (Å²) in [6, 6.07) is 16.1. The Labute approximate surface area is 175 Å². The van der Waals surface area contributed by atoms with E-state index in [-0.39, 0.29) is 5.56 Å². The SMILES string of the molecule is O=c1cc(OCc2ccc(Cl)cn2)ccn1CCc1ccc(C2CCCN2)cc1. The molecule has 3 heterocycles. The summed E-state index contributed by atoms with van der Waals surface area (Å²) in [5, 5.41) is 4.10. The van der Waals surface area contributed by atoms with E-state index in [0.717, 1.165) is 18.7 Å². The minimum absolute atomic E-state index is 0.0710. The molecule has 0 aliphatic carbocycles. The van der Waals surface area contributed by atoms with E-state index in [0.29, 0.717) is 30.0 Å². The van der Waals surface area contributed by atoms with Crippen LogP contribution < -0.4 is 15.6 Å². The highest BCUT2D eigenvalue weighted by molar-refractivity contribution is 6.30. The lowest BCUT2D eigenvalue weighted by molar-refractivity contribution is 0.300. The van der Waals surface area contributed by atoms with Crippen molar-refractivity contribution in [1.82, 2.24) is 14.9 Å². The molecular formula is C23H24ClN3O2. The number of aryl methyl sites for hydroxylation is 2. The van der Waals surface area contributed by atoms with Crippen LogP contribution >= 0.6 is 11.6 Å². The fraction of sp³-hybridized carbons (Fsp3) is 0.304. The van der Waals surface area contributed by atoms with Crippen molar-refractivity contribution in [2.45, 2.75) is 38.5 Å². The summed E-state index contributed by atoms with van der Waals surface area (Å²) in [4.78, 5) is 16.6. The van der Waals surface area contributed by atoms with Crippen LogP contribution in [0.15, 0.2) is 65.7 Å².